The molecule has 1 aliphatic rings. The highest BCUT2D eigenvalue weighted by molar-refractivity contribution is 6.00. The van der Waals surface area contributed by atoms with E-state index in [-0.39, 0.29) is 5.78 Å². The molecule has 0 saturated carbocycles. The number of aromatic nitrogens is 4. The van der Waals surface area contributed by atoms with Gasteiger partial charge in [0.25, 0.3) is 0 Å². The van der Waals surface area contributed by atoms with Gasteiger partial charge in [-0.1, -0.05) is 103 Å². The van der Waals surface area contributed by atoms with Crippen molar-refractivity contribution in [3.05, 3.63) is 149 Å². The molecule has 1 aliphatic heterocycles. The van der Waals surface area contributed by atoms with Crippen LogP contribution in [0.1, 0.15) is 34.5 Å². The lowest BCUT2D eigenvalue weighted by Gasteiger charge is -2.47. The number of benzene rings is 4. The summed E-state index contributed by atoms with van der Waals surface area (Å²) in [5, 5.41) is 12.4. The van der Waals surface area contributed by atoms with Crippen LogP contribution in [-0.4, -0.2) is 51.1 Å². The number of carbonyl (C=O) groups is 1. The van der Waals surface area contributed by atoms with E-state index in [2.05, 4.69) is 93.2 Å². The summed E-state index contributed by atoms with van der Waals surface area (Å²) in [5.41, 5.74) is 4.57. The molecule has 4 aromatic carbocycles. The Morgan fingerprint density at radius 1 is 0.805 bits per heavy atom. The number of nitrogens with zero attached hydrogens (tertiary/aromatic N) is 5. The molecule has 1 saturated heterocycles. The molecule has 0 N–H and O–H groups in total. The first-order valence-electron chi connectivity index (χ1n) is 13.7. The molecule has 204 valence electrons. The minimum Gasteiger partial charge on any atom is -0.497 e. The van der Waals surface area contributed by atoms with E-state index in [0.717, 1.165) is 28.0 Å². The molecule has 0 radical (unpaired) electrons. The van der Waals surface area contributed by atoms with Gasteiger partial charge in [0.2, 0.25) is 0 Å². The Morgan fingerprint density at radius 3 is 1.90 bits per heavy atom. The number of likely N-dealkylation sites (tertiary alicyclic amines) is 1. The highest BCUT2D eigenvalue weighted by Gasteiger charge is 2.44. The second-order valence-electron chi connectivity index (χ2n) is 10.1. The predicted molar refractivity (Wildman–Crippen MR) is 158 cm³/mol. The molecular formula is C34H31N5O2. The van der Waals surface area contributed by atoms with Crippen LogP contribution < -0.4 is 4.74 Å². The van der Waals surface area contributed by atoms with Gasteiger partial charge in [0, 0.05) is 25.1 Å². The number of Topliss-reactive ketones (excluding diaryl/α,β-unsaturated/α-hetero) is 1. The topological polar surface area (TPSA) is 73.1 Å². The fraction of sp³-hybridized carbons (Fsp3) is 0.176. The van der Waals surface area contributed by atoms with Crippen molar-refractivity contribution in [3.8, 4) is 5.75 Å². The summed E-state index contributed by atoms with van der Waals surface area (Å²) < 4.78 is 7.00. The largest absolute Gasteiger partial charge is 0.497 e. The monoisotopic (exact) mass is 541 g/mol. The van der Waals surface area contributed by atoms with Crippen LogP contribution in [-0.2, 0) is 16.9 Å². The van der Waals surface area contributed by atoms with Crippen molar-refractivity contribution in [2.75, 3.05) is 20.2 Å². The van der Waals surface area contributed by atoms with E-state index in [1.54, 1.807) is 11.8 Å². The third kappa shape index (κ3) is 5.19. The lowest BCUT2D eigenvalue weighted by Crippen LogP contribution is -2.52. The van der Waals surface area contributed by atoms with E-state index in [1.807, 2.05) is 48.5 Å². The van der Waals surface area contributed by atoms with Crippen molar-refractivity contribution in [3.63, 3.8) is 0 Å². The first kappa shape index (κ1) is 26.3. The highest BCUT2D eigenvalue weighted by Crippen LogP contribution is 2.44. The number of tetrazole rings is 1. The van der Waals surface area contributed by atoms with Gasteiger partial charge in [0.15, 0.2) is 11.6 Å². The molecule has 7 nitrogen and oxygen atoms in total. The molecule has 0 unspecified atom stereocenters. The summed E-state index contributed by atoms with van der Waals surface area (Å²) >= 11 is 0. The number of carbonyl (C=O) groups excluding carboxylic acids is 1. The van der Waals surface area contributed by atoms with E-state index in [1.165, 1.54) is 0 Å². The number of ketones is 1. The fourth-order valence-corrected chi connectivity index (χ4v) is 5.76. The second-order valence-corrected chi connectivity index (χ2v) is 10.1. The molecule has 2 heterocycles. The van der Waals surface area contributed by atoms with Crippen molar-refractivity contribution in [2.45, 2.75) is 18.5 Å². The summed E-state index contributed by atoms with van der Waals surface area (Å²) in [5.74, 6) is 1.46. The van der Waals surface area contributed by atoms with Gasteiger partial charge in [-0.3, -0.25) is 9.69 Å². The molecule has 0 aliphatic carbocycles. The van der Waals surface area contributed by atoms with Crippen LogP contribution in [0.4, 0.5) is 0 Å². The fourth-order valence-electron chi connectivity index (χ4n) is 5.76. The number of rotatable bonds is 8. The van der Waals surface area contributed by atoms with Crippen molar-refractivity contribution in [2.24, 2.45) is 0 Å². The SMILES string of the molecule is COc1ccc(Cn2nnnc2/C=C2/CN(C(c3ccccc3)(c3ccccc3)c3ccccc3)CCC2=O)cc1. The summed E-state index contributed by atoms with van der Waals surface area (Å²) in [6.07, 6.45) is 2.25. The Bertz CT molecular complexity index is 1530. The smallest absolute Gasteiger partial charge is 0.175 e. The minimum atomic E-state index is -0.599. The molecule has 5 aromatic rings. The molecule has 6 rings (SSSR count). The summed E-state index contributed by atoms with van der Waals surface area (Å²) in [4.78, 5) is 15.8. The van der Waals surface area contributed by atoms with Crippen LogP contribution in [0.25, 0.3) is 6.08 Å². The Kier molecular flexibility index (Phi) is 7.52. The van der Waals surface area contributed by atoms with Crippen LogP contribution in [0.5, 0.6) is 5.75 Å². The molecule has 0 atom stereocenters. The Labute approximate surface area is 239 Å². The maximum Gasteiger partial charge on any atom is 0.175 e. The van der Waals surface area contributed by atoms with Crippen molar-refractivity contribution < 1.29 is 9.53 Å². The molecule has 1 fully saturated rings. The van der Waals surface area contributed by atoms with Gasteiger partial charge in [-0.25, -0.2) is 4.68 Å². The van der Waals surface area contributed by atoms with Crippen LogP contribution in [0.15, 0.2) is 121 Å². The second kappa shape index (κ2) is 11.7. The van der Waals surface area contributed by atoms with Crippen molar-refractivity contribution >= 4 is 11.9 Å². The zero-order chi connectivity index (χ0) is 28.1. The first-order chi connectivity index (χ1) is 20.2. The normalized spacial score (nSPS) is 15.2. The zero-order valence-corrected chi connectivity index (χ0v) is 22.9. The average molecular weight is 542 g/mol. The van der Waals surface area contributed by atoms with Crippen molar-refractivity contribution in [1.82, 2.24) is 25.1 Å². The molecule has 7 heteroatoms. The Morgan fingerprint density at radius 2 is 1.37 bits per heavy atom. The standard InChI is InChI=1S/C34H31N5O2/c1-41-31-19-17-26(18-20-31)24-39-33(35-36-37-39)23-27-25-38(22-21-32(27)40)34(28-11-5-2-6-12-28,29-13-7-3-8-14-29)30-15-9-4-10-16-30/h2-20,23H,21-22,24-25H2,1H3/b27-23-. The van der Waals surface area contributed by atoms with E-state index < -0.39 is 5.54 Å². The molecule has 0 amide bonds. The maximum absolute atomic E-state index is 13.4. The number of hydrogen-bond acceptors (Lipinski definition) is 6. The number of ether oxygens (including phenoxy) is 1. The number of methoxy groups -OCH3 is 1. The van der Waals surface area contributed by atoms with Gasteiger partial charge < -0.3 is 4.74 Å². The zero-order valence-electron chi connectivity index (χ0n) is 22.9. The Hall–Kier alpha value is -4.88. The van der Waals surface area contributed by atoms with E-state index >= 15 is 0 Å². The third-order valence-electron chi connectivity index (χ3n) is 7.73. The van der Waals surface area contributed by atoms with Gasteiger partial charge in [-0.2, -0.15) is 0 Å². The molecule has 0 spiro atoms. The quantitative estimate of drug-likeness (QED) is 0.194. The first-order valence-corrected chi connectivity index (χ1v) is 13.7. The van der Waals surface area contributed by atoms with Gasteiger partial charge in [0.1, 0.15) is 5.75 Å². The summed E-state index contributed by atoms with van der Waals surface area (Å²) in [6.45, 7) is 1.55. The molecule has 1 aromatic heterocycles. The predicted octanol–water partition coefficient (Wildman–Crippen LogP) is 5.38. The average Bonchev–Trinajstić information content (AvgIpc) is 3.47. The van der Waals surface area contributed by atoms with Gasteiger partial charge in [-0.15, -0.1) is 5.10 Å². The van der Waals surface area contributed by atoms with Crippen LogP contribution >= 0.6 is 0 Å². The van der Waals surface area contributed by atoms with Gasteiger partial charge in [-0.05, 0) is 50.9 Å². The van der Waals surface area contributed by atoms with Gasteiger partial charge >= 0.3 is 0 Å². The summed E-state index contributed by atoms with van der Waals surface area (Å²) in [6, 6.07) is 39.4. The number of piperidine rings is 1. The molecule has 41 heavy (non-hydrogen) atoms. The summed E-state index contributed by atoms with van der Waals surface area (Å²) in [7, 11) is 1.65. The maximum atomic E-state index is 13.4. The molecule has 0 bridgehead atoms. The van der Waals surface area contributed by atoms with Crippen LogP contribution in [0.3, 0.4) is 0 Å². The van der Waals surface area contributed by atoms with Crippen LogP contribution in [0, 0.1) is 0 Å². The van der Waals surface area contributed by atoms with Gasteiger partial charge in [0.05, 0.1) is 19.2 Å². The minimum absolute atomic E-state index is 0.114. The van der Waals surface area contributed by atoms with E-state index in [9.17, 15) is 4.79 Å². The Balaban J connectivity index is 1.41. The lowest BCUT2D eigenvalue weighted by molar-refractivity contribution is -0.117. The van der Waals surface area contributed by atoms with Crippen molar-refractivity contribution in [1.29, 1.82) is 0 Å². The molecular weight excluding hydrogens is 510 g/mol. The number of hydrogen-bond donors (Lipinski definition) is 0. The van der Waals surface area contributed by atoms with E-state index in [4.69, 9.17) is 4.74 Å². The lowest BCUT2D eigenvalue weighted by atomic mass is 9.74. The third-order valence-corrected chi connectivity index (χ3v) is 7.73. The van der Waals surface area contributed by atoms with Crippen LogP contribution in [0.2, 0.25) is 0 Å². The highest BCUT2D eigenvalue weighted by atomic mass is 16.5. The van der Waals surface area contributed by atoms with E-state index in [0.29, 0.717) is 37.5 Å².